The fraction of sp³-hybridized carbons (Fsp3) is 0.222. The number of aryl methyl sites for hydroxylation is 1. The van der Waals surface area contributed by atoms with E-state index in [4.69, 9.17) is 0 Å². The third-order valence-electron chi connectivity index (χ3n) is 3.17. The van der Waals surface area contributed by atoms with Gasteiger partial charge in [-0.25, -0.2) is 0 Å². The Kier molecular flexibility index (Phi) is 5.71. The molecular formula is C18H20N2O. The highest BCUT2D eigenvalue weighted by atomic mass is 16.1. The van der Waals surface area contributed by atoms with Crippen LogP contribution in [-0.4, -0.2) is 10.9 Å². The van der Waals surface area contributed by atoms with E-state index in [0.29, 0.717) is 0 Å². The number of benzene rings is 1. The van der Waals surface area contributed by atoms with Crippen molar-refractivity contribution >= 4 is 17.7 Å². The number of nitrogens with one attached hydrogen (secondary N) is 1. The Morgan fingerprint density at radius 2 is 1.86 bits per heavy atom. The summed E-state index contributed by atoms with van der Waals surface area (Å²) in [6.45, 7) is 2.19. The molecule has 2 rings (SSSR count). The molecule has 0 aliphatic carbocycles. The first kappa shape index (κ1) is 15.0. The van der Waals surface area contributed by atoms with Gasteiger partial charge in [-0.15, -0.1) is 0 Å². The van der Waals surface area contributed by atoms with Crippen molar-refractivity contribution in [3.05, 3.63) is 66.0 Å². The minimum Gasteiger partial charge on any atom is -0.322 e. The second kappa shape index (κ2) is 8.00. The van der Waals surface area contributed by atoms with E-state index < -0.39 is 0 Å². The second-order valence-electron chi connectivity index (χ2n) is 4.90. The van der Waals surface area contributed by atoms with Gasteiger partial charge in [0.1, 0.15) is 0 Å². The van der Waals surface area contributed by atoms with Crippen molar-refractivity contribution in [2.24, 2.45) is 0 Å². The summed E-state index contributed by atoms with van der Waals surface area (Å²) >= 11 is 0. The van der Waals surface area contributed by atoms with E-state index in [1.54, 1.807) is 30.6 Å². The van der Waals surface area contributed by atoms with E-state index in [1.165, 1.54) is 18.4 Å². The molecule has 108 valence electrons. The van der Waals surface area contributed by atoms with Crippen molar-refractivity contribution in [2.75, 3.05) is 5.32 Å². The Balaban J connectivity index is 1.89. The SMILES string of the molecule is CCCCc1ccc(/C=C/C(=O)Nc2ccncc2)cc1. The summed E-state index contributed by atoms with van der Waals surface area (Å²) in [5.74, 6) is -0.142. The lowest BCUT2D eigenvalue weighted by Gasteiger charge is -2.01. The lowest BCUT2D eigenvalue weighted by molar-refractivity contribution is -0.111. The molecule has 3 heteroatoms. The molecule has 1 heterocycles. The lowest BCUT2D eigenvalue weighted by Crippen LogP contribution is -2.07. The van der Waals surface area contributed by atoms with Gasteiger partial charge in [0.15, 0.2) is 0 Å². The molecule has 1 N–H and O–H groups in total. The number of hydrogen-bond donors (Lipinski definition) is 1. The average Bonchev–Trinajstić information content (AvgIpc) is 2.53. The quantitative estimate of drug-likeness (QED) is 0.810. The van der Waals surface area contributed by atoms with Gasteiger partial charge in [0.2, 0.25) is 5.91 Å². The minimum absolute atomic E-state index is 0.142. The number of amides is 1. The zero-order chi connectivity index (χ0) is 14.9. The monoisotopic (exact) mass is 280 g/mol. The molecule has 1 aromatic heterocycles. The normalized spacial score (nSPS) is 10.7. The first-order chi connectivity index (χ1) is 10.3. The molecule has 0 atom stereocenters. The Bertz CT molecular complexity index is 588. The maximum atomic E-state index is 11.8. The van der Waals surface area contributed by atoms with Crippen molar-refractivity contribution in [2.45, 2.75) is 26.2 Å². The van der Waals surface area contributed by atoms with Crippen LogP contribution in [0.4, 0.5) is 5.69 Å². The molecule has 0 fully saturated rings. The Hall–Kier alpha value is -2.42. The summed E-state index contributed by atoms with van der Waals surface area (Å²) < 4.78 is 0. The summed E-state index contributed by atoms with van der Waals surface area (Å²) in [7, 11) is 0. The molecule has 2 aromatic rings. The molecule has 1 amide bonds. The zero-order valence-corrected chi connectivity index (χ0v) is 12.3. The van der Waals surface area contributed by atoms with Crippen molar-refractivity contribution in [3.8, 4) is 0 Å². The minimum atomic E-state index is -0.142. The number of nitrogens with zero attached hydrogens (tertiary/aromatic N) is 1. The first-order valence-corrected chi connectivity index (χ1v) is 7.26. The second-order valence-corrected chi connectivity index (χ2v) is 4.90. The summed E-state index contributed by atoms with van der Waals surface area (Å²) in [5.41, 5.74) is 3.12. The van der Waals surface area contributed by atoms with Crippen LogP contribution in [0.3, 0.4) is 0 Å². The summed E-state index contributed by atoms with van der Waals surface area (Å²) in [6, 6.07) is 11.8. The van der Waals surface area contributed by atoms with E-state index in [9.17, 15) is 4.79 Å². The molecule has 0 bridgehead atoms. The Morgan fingerprint density at radius 1 is 1.14 bits per heavy atom. The van der Waals surface area contributed by atoms with Crippen LogP contribution in [0.2, 0.25) is 0 Å². The number of hydrogen-bond acceptors (Lipinski definition) is 2. The number of carbonyl (C=O) groups excluding carboxylic acids is 1. The summed E-state index contributed by atoms with van der Waals surface area (Å²) in [4.78, 5) is 15.7. The van der Waals surface area contributed by atoms with Crippen molar-refractivity contribution < 1.29 is 4.79 Å². The van der Waals surface area contributed by atoms with Gasteiger partial charge in [0, 0.05) is 24.2 Å². The molecule has 3 nitrogen and oxygen atoms in total. The Labute approximate surface area is 125 Å². The van der Waals surface area contributed by atoms with Crippen molar-refractivity contribution in [1.82, 2.24) is 4.98 Å². The van der Waals surface area contributed by atoms with Crippen LogP contribution >= 0.6 is 0 Å². The maximum Gasteiger partial charge on any atom is 0.248 e. The Morgan fingerprint density at radius 3 is 2.52 bits per heavy atom. The van der Waals surface area contributed by atoms with E-state index in [0.717, 1.165) is 17.7 Å². The highest BCUT2D eigenvalue weighted by molar-refractivity contribution is 6.01. The number of pyridine rings is 1. The molecule has 0 saturated heterocycles. The van der Waals surface area contributed by atoms with E-state index in [2.05, 4.69) is 29.4 Å². The number of unbranched alkanes of at least 4 members (excludes halogenated alkanes) is 1. The van der Waals surface area contributed by atoms with Gasteiger partial charge in [0.05, 0.1) is 0 Å². The first-order valence-electron chi connectivity index (χ1n) is 7.26. The topological polar surface area (TPSA) is 42.0 Å². The van der Waals surface area contributed by atoms with Crippen LogP contribution in [0.25, 0.3) is 6.08 Å². The third-order valence-corrected chi connectivity index (χ3v) is 3.17. The fourth-order valence-electron chi connectivity index (χ4n) is 1.97. The van der Waals surface area contributed by atoms with Crippen LogP contribution in [0.15, 0.2) is 54.9 Å². The van der Waals surface area contributed by atoms with Crippen molar-refractivity contribution in [1.29, 1.82) is 0 Å². The molecule has 21 heavy (non-hydrogen) atoms. The van der Waals surface area contributed by atoms with Crippen LogP contribution in [0.1, 0.15) is 30.9 Å². The van der Waals surface area contributed by atoms with Gasteiger partial charge < -0.3 is 5.32 Å². The van der Waals surface area contributed by atoms with Crippen LogP contribution in [0.5, 0.6) is 0 Å². The van der Waals surface area contributed by atoms with E-state index in [1.807, 2.05) is 18.2 Å². The zero-order valence-electron chi connectivity index (χ0n) is 12.3. The predicted octanol–water partition coefficient (Wildman–Crippen LogP) is 4.08. The molecule has 0 radical (unpaired) electrons. The van der Waals surface area contributed by atoms with Crippen LogP contribution in [-0.2, 0) is 11.2 Å². The van der Waals surface area contributed by atoms with E-state index >= 15 is 0 Å². The molecule has 0 spiro atoms. The van der Waals surface area contributed by atoms with Gasteiger partial charge in [-0.3, -0.25) is 9.78 Å². The largest absolute Gasteiger partial charge is 0.322 e. The number of anilines is 1. The summed E-state index contributed by atoms with van der Waals surface area (Å²) in [5, 5.41) is 2.79. The average molecular weight is 280 g/mol. The molecule has 1 aromatic carbocycles. The van der Waals surface area contributed by atoms with Gasteiger partial charge in [-0.1, -0.05) is 37.6 Å². The number of carbonyl (C=O) groups is 1. The van der Waals surface area contributed by atoms with E-state index in [-0.39, 0.29) is 5.91 Å². The van der Waals surface area contributed by atoms with Gasteiger partial charge in [0.25, 0.3) is 0 Å². The molecule has 0 aliphatic rings. The van der Waals surface area contributed by atoms with Gasteiger partial charge in [-0.05, 0) is 42.2 Å². The summed E-state index contributed by atoms with van der Waals surface area (Å²) in [6.07, 6.45) is 10.2. The standard InChI is InChI=1S/C18H20N2O/c1-2-3-4-15-5-7-16(8-6-15)9-10-18(21)20-17-11-13-19-14-12-17/h5-14H,2-4H2,1H3,(H,19,20,21)/b10-9+. The fourth-order valence-corrected chi connectivity index (χ4v) is 1.97. The molecular weight excluding hydrogens is 260 g/mol. The van der Waals surface area contributed by atoms with Crippen LogP contribution in [0, 0.1) is 0 Å². The number of aromatic nitrogens is 1. The molecule has 0 saturated carbocycles. The highest BCUT2D eigenvalue weighted by Gasteiger charge is 1.97. The maximum absolute atomic E-state index is 11.8. The predicted molar refractivity (Wildman–Crippen MR) is 87.0 cm³/mol. The van der Waals surface area contributed by atoms with Gasteiger partial charge in [-0.2, -0.15) is 0 Å². The molecule has 0 unspecified atom stereocenters. The lowest BCUT2D eigenvalue weighted by atomic mass is 10.1. The van der Waals surface area contributed by atoms with Crippen LogP contribution < -0.4 is 5.32 Å². The smallest absolute Gasteiger partial charge is 0.248 e. The number of rotatable bonds is 6. The molecule has 0 aliphatic heterocycles. The van der Waals surface area contributed by atoms with Crippen molar-refractivity contribution in [3.63, 3.8) is 0 Å². The van der Waals surface area contributed by atoms with Gasteiger partial charge >= 0.3 is 0 Å². The highest BCUT2D eigenvalue weighted by Crippen LogP contribution is 2.09. The third kappa shape index (κ3) is 5.22.